The smallest absolute Gasteiger partial charge is 0.358 e. The summed E-state index contributed by atoms with van der Waals surface area (Å²) in [6.45, 7) is 3.78. The van der Waals surface area contributed by atoms with Gasteiger partial charge < -0.3 is 19.2 Å². The van der Waals surface area contributed by atoms with Crippen molar-refractivity contribution in [2.24, 2.45) is 5.92 Å². The first-order valence-electron chi connectivity index (χ1n) is 14.0. The minimum absolute atomic E-state index is 0.0805. The van der Waals surface area contributed by atoms with Gasteiger partial charge in [0.25, 0.3) is 10.0 Å². The molecule has 1 saturated carbocycles. The van der Waals surface area contributed by atoms with E-state index >= 15 is 0 Å². The van der Waals surface area contributed by atoms with Gasteiger partial charge in [0.2, 0.25) is 5.16 Å². The second-order valence-corrected chi connectivity index (χ2v) is 12.0. The van der Waals surface area contributed by atoms with E-state index in [0.29, 0.717) is 17.7 Å². The highest BCUT2D eigenvalue weighted by Crippen LogP contribution is 2.48. The van der Waals surface area contributed by atoms with Crippen molar-refractivity contribution in [1.82, 2.24) is 9.97 Å². The summed E-state index contributed by atoms with van der Waals surface area (Å²) in [7, 11) is -4.17. The number of hydrogen-bond acceptors (Lipinski definition) is 8. The molecule has 42 heavy (non-hydrogen) atoms. The molecular weight excluding hydrogens is 558 g/mol. The summed E-state index contributed by atoms with van der Waals surface area (Å²) in [4.78, 5) is 31.6. The van der Waals surface area contributed by atoms with E-state index in [2.05, 4.69) is 14.7 Å². The minimum atomic E-state index is -4.17. The number of rotatable bonds is 12. The quantitative estimate of drug-likeness (QED) is 0.187. The Morgan fingerprint density at radius 2 is 1.90 bits per heavy atom. The molecule has 5 rings (SSSR count). The summed E-state index contributed by atoms with van der Waals surface area (Å²) in [6, 6.07) is 18.1. The molecule has 2 aromatic carbocycles. The van der Waals surface area contributed by atoms with Crippen molar-refractivity contribution >= 4 is 21.7 Å². The fraction of sp³-hybridized carbons (Fsp3) is 0.323. The van der Waals surface area contributed by atoms with Crippen molar-refractivity contribution in [3.63, 3.8) is 0 Å². The number of ether oxygens (including phenoxy) is 1. The number of aromatic hydroxyl groups is 1. The minimum Gasteiger partial charge on any atom is -0.507 e. The molecule has 0 radical (unpaired) electrons. The Kier molecular flexibility index (Phi) is 8.49. The van der Waals surface area contributed by atoms with Crippen LogP contribution in [-0.2, 0) is 21.2 Å². The average Bonchev–Trinajstić information content (AvgIpc) is 3.66. The fourth-order valence-electron chi connectivity index (χ4n) is 5.20. The molecular formula is C31H33N3O7S. The van der Waals surface area contributed by atoms with Crippen LogP contribution in [0.1, 0.15) is 77.9 Å². The van der Waals surface area contributed by atoms with Gasteiger partial charge in [-0.1, -0.05) is 49.4 Å². The summed E-state index contributed by atoms with van der Waals surface area (Å²) in [5.74, 6) is -0.891. The molecule has 0 amide bonds. The van der Waals surface area contributed by atoms with Crippen LogP contribution < -0.4 is 10.3 Å². The third-order valence-corrected chi connectivity index (χ3v) is 8.62. The van der Waals surface area contributed by atoms with E-state index in [4.69, 9.17) is 9.15 Å². The van der Waals surface area contributed by atoms with Crippen molar-refractivity contribution in [3.05, 3.63) is 105 Å². The zero-order valence-corrected chi connectivity index (χ0v) is 24.2. The number of carbonyl (C=O) groups is 1. The van der Waals surface area contributed by atoms with Crippen molar-refractivity contribution in [2.75, 3.05) is 11.3 Å². The summed E-state index contributed by atoms with van der Waals surface area (Å²) in [5.41, 5.74) is 1.43. The lowest BCUT2D eigenvalue weighted by Crippen LogP contribution is -2.18. The number of imidazole rings is 1. The Labute approximate surface area is 243 Å². The predicted octanol–water partition coefficient (Wildman–Crippen LogP) is 5.32. The zero-order chi connectivity index (χ0) is 29.9. The SMILES string of the molecule is CCOC(=O)c1c[nH]c(S(=O)(=O)Nc2cccc(C(c3c(O)cc(C(CC)Cc4ccccc4)oc3=O)C3CC3)c2)n1. The van der Waals surface area contributed by atoms with Crippen LogP contribution in [-0.4, -0.2) is 36.1 Å². The molecule has 0 bridgehead atoms. The highest BCUT2D eigenvalue weighted by Gasteiger charge is 2.38. The molecule has 2 atom stereocenters. The number of nitrogens with zero attached hydrogens (tertiary/aromatic N) is 1. The van der Waals surface area contributed by atoms with Gasteiger partial charge >= 0.3 is 11.6 Å². The molecule has 0 saturated heterocycles. The van der Waals surface area contributed by atoms with E-state index in [0.717, 1.165) is 24.8 Å². The van der Waals surface area contributed by atoms with Crippen LogP contribution in [0.4, 0.5) is 5.69 Å². The van der Waals surface area contributed by atoms with E-state index < -0.39 is 32.7 Å². The normalized spacial score (nSPS) is 14.7. The number of sulfonamides is 1. The van der Waals surface area contributed by atoms with Crippen LogP contribution >= 0.6 is 0 Å². The van der Waals surface area contributed by atoms with Crippen molar-refractivity contribution in [1.29, 1.82) is 0 Å². The number of aromatic amines is 1. The summed E-state index contributed by atoms with van der Waals surface area (Å²) >= 11 is 0. The van der Waals surface area contributed by atoms with Gasteiger partial charge in [-0.15, -0.1) is 0 Å². The molecule has 3 N–H and O–H groups in total. The third kappa shape index (κ3) is 6.41. The van der Waals surface area contributed by atoms with Gasteiger partial charge in [0, 0.05) is 29.8 Å². The molecule has 2 unspecified atom stereocenters. The van der Waals surface area contributed by atoms with Crippen LogP contribution in [0.15, 0.2) is 81.2 Å². The first kappa shape index (κ1) is 29.1. The third-order valence-electron chi connectivity index (χ3n) is 7.40. The van der Waals surface area contributed by atoms with Crippen LogP contribution in [0, 0.1) is 5.92 Å². The standard InChI is InChI=1S/C31H33N3O7S/c1-3-20(15-19-9-6-5-7-10-19)26-17-25(35)28(30(37)41-26)27(21-13-14-21)22-11-8-12-23(16-22)34-42(38,39)31-32-18-24(33-31)29(36)40-4-2/h5-12,16-18,20-21,27,34-35H,3-4,13-15H2,1-2H3,(H,32,33). The van der Waals surface area contributed by atoms with Gasteiger partial charge in [-0.25, -0.2) is 14.6 Å². The predicted molar refractivity (Wildman–Crippen MR) is 156 cm³/mol. The number of esters is 1. The maximum absolute atomic E-state index is 13.4. The Morgan fingerprint density at radius 1 is 1.14 bits per heavy atom. The molecule has 220 valence electrons. The van der Waals surface area contributed by atoms with Crippen LogP contribution in [0.2, 0.25) is 0 Å². The van der Waals surface area contributed by atoms with E-state index in [1.165, 1.54) is 6.20 Å². The summed E-state index contributed by atoms with van der Waals surface area (Å²) in [6.07, 6.45) is 4.28. The van der Waals surface area contributed by atoms with E-state index in [-0.39, 0.29) is 41.1 Å². The lowest BCUT2D eigenvalue weighted by atomic mass is 9.86. The Bertz CT molecular complexity index is 1730. The Balaban J connectivity index is 1.42. The molecule has 1 aliphatic carbocycles. The van der Waals surface area contributed by atoms with Crippen molar-refractivity contribution < 1.29 is 27.5 Å². The van der Waals surface area contributed by atoms with Gasteiger partial charge in [-0.2, -0.15) is 8.42 Å². The Morgan fingerprint density at radius 3 is 2.57 bits per heavy atom. The van der Waals surface area contributed by atoms with E-state index in [1.807, 2.05) is 37.3 Å². The molecule has 2 aromatic heterocycles. The molecule has 0 aliphatic heterocycles. The highest BCUT2D eigenvalue weighted by molar-refractivity contribution is 7.92. The monoisotopic (exact) mass is 591 g/mol. The Hall–Kier alpha value is -4.38. The van der Waals surface area contributed by atoms with Crippen LogP contribution in [0.5, 0.6) is 5.75 Å². The van der Waals surface area contributed by atoms with E-state index in [9.17, 15) is 23.1 Å². The second-order valence-electron chi connectivity index (χ2n) is 10.4. The highest BCUT2D eigenvalue weighted by atomic mass is 32.2. The molecule has 0 spiro atoms. The summed E-state index contributed by atoms with van der Waals surface area (Å²) < 4.78 is 39.2. The maximum atomic E-state index is 13.4. The van der Waals surface area contributed by atoms with Gasteiger partial charge in [0.15, 0.2) is 5.69 Å². The topological polar surface area (TPSA) is 152 Å². The molecule has 11 heteroatoms. The second kappa shape index (κ2) is 12.2. The first-order chi connectivity index (χ1) is 20.2. The average molecular weight is 592 g/mol. The van der Waals surface area contributed by atoms with Crippen LogP contribution in [0.3, 0.4) is 0 Å². The van der Waals surface area contributed by atoms with Crippen molar-refractivity contribution in [3.8, 4) is 5.75 Å². The number of aromatic nitrogens is 2. The number of carbonyl (C=O) groups excluding carboxylic acids is 1. The van der Waals surface area contributed by atoms with Crippen LogP contribution in [0.25, 0.3) is 0 Å². The summed E-state index contributed by atoms with van der Waals surface area (Å²) in [5, 5.41) is 10.7. The van der Waals surface area contributed by atoms with Gasteiger partial charge in [-0.3, -0.25) is 4.72 Å². The molecule has 1 aliphatic rings. The number of nitrogens with one attached hydrogen (secondary N) is 2. The number of anilines is 1. The largest absolute Gasteiger partial charge is 0.507 e. The van der Waals surface area contributed by atoms with Gasteiger partial charge in [-0.05, 0) is 61.8 Å². The zero-order valence-electron chi connectivity index (χ0n) is 23.4. The lowest BCUT2D eigenvalue weighted by Gasteiger charge is -2.20. The number of hydrogen-bond donors (Lipinski definition) is 3. The maximum Gasteiger partial charge on any atom is 0.358 e. The first-order valence-corrected chi connectivity index (χ1v) is 15.4. The van der Waals surface area contributed by atoms with Gasteiger partial charge in [0.05, 0.1) is 12.2 Å². The fourth-order valence-corrected chi connectivity index (χ4v) is 6.16. The van der Waals surface area contributed by atoms with E-state index in [1.54, 1.807) is 37.3 Å². The van der Waals surface area contributed by atoms with Crippen molar-refractivity contribution in [2.45, 2.75) is 56.5 Å². The lowest BCUT2D eigenvalue weighted by molar-refractivity contribution is 0.0519. The molecule has 2 heterocycles. The number of H-pyrrole nitrogens is 1. The molecule has 1 fully saturated rings. The van der Waals surface area contributed by atoms with Gasteiger partial charge in [0.1, 0.15) is 11.5 Å². The molecule has 4 aromatic rings. The molecule has 10 nitrogen and oxygen atoms in total. The number of benzene rings is 2.